The van der Waals surface area contributed by atoms with E-state index in [9.17, 15) is 10.1 Å². The van der Waals surface area contributed by atoms with Crippen molar-refractivity contribution in [3.05, 3.63) is 68.7 Å². The fraction of sp³-hybridized carbons (Fsp3) is 0.200. The Kier molecular flexibility index (Phi) is 5.14. The molecule has 21 heavy (non-hydrogen) atoms. The molecule has 110 valence electrons. The summed E-state index contributed by atoms with van der Waals surface area (Å²) in [4.78, 5) is 10.3. The molecule has 0 aromatic heterocycles. The first-order valence-corrected chi connectivity index (χ1v) is 6.74. The van der Waals surface area contributed by atoms with Gasteiger partial charge in [-0.15, -0.1) is 0 Å². The number of hydrogen-bond acceptors (Lipinski definition) is 4. The SMILES string of the molecule is COc1ccc(CNCc2ccc(Cl)c([N+](=O)[O-])c2)cc1. The van der Waals surface area contributed by atoms with Crippen molar-refractivity contribution in [3.63, 3.8) is 0 Å². The molecule has 0 fully saturated rings. The molecular formula is C15H15ClN2O3. The maximum Gasteiger partial charge on any atom is 0.288 e. The Labute approximate surface area is 127 Å². The van der Waals surface area contributed by atoms with Gasteiger partial charge < -0.3 is 10.1 Å². The van der Waals surface area contributed by atoms with Crippen molar-refractivity contribution in [2.75, 3.05) is 7.11 Å². The zero-order chi connectivity index (χ0) is 15.2. The number of nitrogens with zero attached hydrogens (tertiary/aromatic N) is 1. The van der Waals surface area contributed by atoms with Crippen LogP contribution in [0.1, 0.15) is 11.1 Å². The number of rotatable bonds is 6. The van der Waals surface area contributed by atoms with Crippen molar-refractivity contribution in [2.45, 2.75) is 13.1 Å². The van der Waals surface area contributed by atoms with E-state index >= 15 is 0 Å². The Morgan fingerprint density at radius 1 is 1.14 bits per heavy atom. The highest BCUT2D eigenvalue weighted by Crippen LogP contribution is 2.25. The average Bonchev–Trinajstić information content (AvgIpc) is 2.49. The van der Waals surface area contributed by atoms with Gasteiger partial charge in [-0.05, 0) is 29.3 Å². The second-order valence-electron chi connectivity index (χ2n) is 4.49. The first kappa shape index (κ1) is 15.3. The van der Waals surface area contributed by atoms with Crippen LogP contribution in [0.25, 0.3) is 0 Å². The Bertz CT molecular complexity index is 629. The number of halogens is 1. The predicted molar refractivity (Wildman–Crippen MR) is 81.6 cm³/mol. The smallest absolute Gasteiger partial charge is 0.288 e. The van der Waals surface area contributed by atoms with Crippen LogP contribution in [0, 0.1) is 10.1 Å². The summed E-state index contributed by atoms with van der Waals surface area (Å²) in [6, 6.07) is 12.5. The van der Waals surface area contributed by atoms with Crippen molar-refractivity contribution in [1.29, 1.82) is 0 Å². The molecule has 0 heterocycles. The van der Waals surface area contributed by atoms with Crippen molar-refractivity contribution >= 4 is 17.3 Å². The van der Waals surface area contributed by atoms with Gasteiger partial charge in [-0.25, -0.2) is 0 Å². The third-order valence-corrected chi connectivity index (χ3v) is 3.34. The van der Waals surface area contributed by atoms with E-state index in [0.29, 0.717) is 13.1 Å². The summed E-state index contributed by atoms with van der Waals surface area (Å²) in [7, 11) is 1.63. The monoisotopic (exact) mass is 306 g/mol. The average molecular weight is 307 g/mol. The standard InChI is InChI=1S/C15H15ClN2O3/c1-21-13-5-2-11(3-6-13)9-17-10-12-4-7-14(16)15(8-12)18(19)20/h2-8,17H,9-10H2,1H3. The molecule has 0 bridgehead atoms. The lowest BCUT2D eigenvalue weighted by atomic mass is 10.2. The van der Waals surface area contributed by atoms with E-state index in [1.807, 2.05) is 24.3 Å². The number of nitro benzene ring substituents is 1. The number of ether oxygens (including phenoxy) is 1. The number of nitrogens with one attached hydrogen (secondary N) is 1. The van der Waals surface area contributed by atoms with Crippen LogP contribution in [0.3, 0.4) is 0 Å². The van der Waals surface area contributed by atoms with Crippen molar-refractivity contribution in [3.8, 4) is 5.75 Å². The maximum atomic E-state index is 10.8. The molecule has 0 saturated heterocycles. The first-order chi connectivity index (χ1) is 10.1. The van der Waals surface area contributed by atoms with Gasteiger partial charge in [0.05, 0.1) is 12.0 Å². The van der Waals surface area contributed by atoms with Crippen LogP contribution in [-0.2, 0) is 13.1 Å². The Balaban J connectivity index is 1.93. The van der Waals surface area contributed by atoms with E-state index < -0.39 is 4.92 Å². The Morgan fingerprint density at radius 2 is 1.76 bits per heavy atom. The zero-order valence-corrected chi connectivity index (χ0v) is 12.3. The van der Waals surface area contributed by atoms with Crippen molar-refractivity contribution in [1.82, 2.24) is 5.32 Å². The Hall–Kier alpha value is -2.11. The number of methoxy groups -OCH3 is 1. The largest absolute Gasteiger partial charge is 0.497 e. The minimum atomic E-state index is -0.477. The molecule has 0 radical (unpaired) electrons. The van der Waals surface area contributed by atoms with Gasteiger partial charge in [0.1, 0.15) is 10.8 Å². The number of benzene rings is 2. The van der Waals surface area contributed by atoms with E-state index in [4.69, 9.17) is 16.3 Å². The molecule has 0 saturated carbocycles. The lowest BCUT2D eigenvalue weighted by Crippen LogP contribution is -2.12. The van der Waals surface area contributed by atoms with Crippen LogP contribution in [0.4, 0.5) is 5.69 Å². The minimum Gasteiger partial charge on any atom is -0.497 e. The van der Waals surface area contributed by atoms with E-state index in [0.717, 1.165) is 16.9 Å². The summed E-state index contributed by atoms with van der Waals surface area (Å²) in [5, 5.41) is 14.2. The summed E-state index contributed by atoms with van der Waals surface area (Å²) in [5.74, 6) is 0.812. The summed E-state index contributed by atoms with van der Waals surface area (Å²) >= 11 is 5.78. The third kappa shape index (κ3) is 4.18. The summed E-state index contributed by atoms with van der Waals surface area (Å²) in [5.41, 5.74) is 1.86. The van der Waals surface area contributed by atoms with E-state index in [1.54, 1.807) is 19.2 Å². The van der Waals surface area contributed by atoms with Crippen molar-refractivity contribution < 1.29 is 9.66 Å². The van der Waals surface area contributed by atoms with Gasteiger partial charge in [0.15, 0.2) is 0 Å². The third-order valence-electron chi connectivity index (χ3n) is 3.02. The highest BCUT2D eigenvalue weighted by Gasteiger charge is 2.12. The molecule has 0 atom stereocenters. The fourth-order valence-corrected chi connectivity index (χ4v) is 2.09. The van der Waals surface area contributed by atoms with Gasteiger partial charge >= 0.3 is 0 Å². The van der Waals surface area contributed by atoms with Crippen molar-refractivity contribution in [2.24, 2.45) is 0 Å². The van der Waals surface area contributed by atoms with E-state index in [1.165, 1.54) is 6.07 Å². The second kappa shape index (κ2) is 7.06. The van der Waals surface area contributed by atoms with Crippen LogP contribution in [-0.4, -0.2) is 12.0 Å². The topological polar surface area (TPSA) is 64.4 Å². The zero-order valence-electron chi connectivity index (χ0n) is 11.5. The van der Waals surface area contributed by atoms with Crippen LogP contribution in [0.5, 0.6) is 5.75 Å². The molecule has 0 aliphatic rings. The highest BCUT2D eigenvalue weighted by atomic mass is 35.5. The van der Waals surface area contributed by atoms with E-state index in [2.05, 4.69) is 5.32 Å². The molecule has 0 aliphatic carbocycles. The van der Waals surface area contributed by atoms with Crippen LogP contribution >= 0.6 is 11.6 Å². The molecule has 2 aromatic carbocycles. The first-order valence-electron chi connectivity index (χ1n) is 6.36. The van der Waals surface area contributed by atoms with Crippen LogP contribution in [0.2, 0.25) is 5.02 Å². The molecule has 1 N–H and O–H groups in total. The van der Waals surface area contributed by atoms with E-state index in [-0.39, 0.29) is 10.7 Å². The summed E-state index contributed by atoms with van der Waals surface area (Å²) < 4.78 is 5.09. The maximum absolute atomic E-state index is 10.8. The molecule has 0 amide bonds. The summed E-state index contributed by atoms with van der Waals surface area (Å²) in [6.07, 6.45) is 0. The normalized spacial score (nSPS) is 10.4. The molecule has 2 aromatic rings. The minimum absolute atomic E-state index is 0.0691. The lowest BCUT2D eigenvalue weighted by molar-refractivity contribution is -0.384. The fourth-order valence-electron chi connectivity index (χ4n) is 1.90. The molecule has 5 nitrogen and oxygen atoms in total. The van der Waals surface area contributed by atoms with Gasteiger partial charge in [-0.1, -0.05) is 29.8 Å². The van der Waals surface area contributed by atoms with Crippen LogP contribution in [0.15, 0.2) is 42.5 Å². The molecule has 6 heteroatoms. The summed E-state index contributed by atoms with van der Waals surface area (Å²) in [6.45, 7) is 1.20. The molecule has 0 spiro atoms. The lowest BCUT2D eigenvalue weighted by Gasteiger charge is -2.06. The number of nitro groups is 1. The van der Waals surface area contributed by atoms with Gasteiger partial charge in [-0.2, -0.15) is 0 Å². The van der Waals surface area contributed by atoms with Crippen LogP contribution < -0.4 is 10.1 Å². The molecule has 0 aliphatic heterocycles. The molecule has 0 unspecified atom stereocenters. The van der Waals surface area contributed by atoms with Gasteiger partial charge in [0, 0.05) is 19.2 Å². The second-order valence-corrected chi connectivity index (χ2v) is 4.90. The van der Waals surface area contributed by atoms with Gasteiger partial charge in [0.25, 0.3) is 5.69 Å². The molecule has 2 rings (SSSR count). The predicted octanol–water partition coefficient (Wildman–Crippen LogP) is 3.55. The molecular weight excluding hydrogens is 292 g/mol. The number of hydrogen-bond donors (Lipinski definition) is 1. The quantitative estimate of drug-likeness (QED) is 0.655. The highest BCUT2D eigenvalue weighted by molar-refractivity contribution is 6.32. The van der Waals surface area contributed by atoms with Gasteiger partial charge in [0.2, 0.25) is 0 Å². The van der Waals surface area contributed by atoms with Gasteiger partial charge in [-0.3, -0.25) is 10.1 Å². The Morgan fingerprint density at radius 3 is 2.38 bits per heavy atom.